The van der Waals surface area contributed by atoms with Crippen molar-refractivity contribution < 1.29 is 9.53 Å². The zero-order chi connectivity index (χ0) is 13.9. The first-order valence-corrected chi connectivity index (χ1v) is 7.34. The molecule has 0 bridgehead atoms. The Morgan fingerprint density at radius 1 is 1.24 bits per heavy atom. The molecule has 21 heavy (non-hydrogen) atoms. The van der Waals surface area contributed by atoms with E-state index in [-0.39, 0.29) is 36.3 Å². The lowest BCUT2D eigenvalue weighted by atomic mass is 9.78. The minimum atomic E-state index is -0.521. The number of carbonyl (C=O) groups is 1. The molecule has 2 rings (SSSR count). The molecule has 1 amide bonds. The van der Waals surface area contributed by atoms with Crippen LogP contribution in [0.15, 0.2) is 0 Å². The fraction of sp³-hybridized carbons (Fsp3) is 0.929. The average Bonchev–Trinajstić information content (AvgIpc) is 2.39. The summed E-state index contributed by atoms with van der Waals surface area (Å²) in [5, 5.41) is 0. The Labute approximate surface area is 140 Å². The summed E-state index contributed by atoms with van der Waals surface area (Å²) in [6.45, 7) is 3.03. The van der Waals surface area contributed by atoms with E-state index in [9.17, 15) is 4.79 Å². The Kier molecular flexibility index (Phi) is 9.12. The number of halogens is 2. The van der Waals surface area contributed by atoms with Crippen molar-refractivity contribution in [3.05, 3.63) is 0 Å². The number of nitrogens with zero attached hydrogens (tertiary/aromatic N) is 2. The summed E-state index contributed by atoms with van der Waals surface area (Å²) in [6, 6.07) is -0.521. The van der Waals surface area contributed by atoms with Crippen molar-refractivity contribution in [3.63, 3.8) is 0 Å². The first-order chi connectivity index (χ1) is 9.09. The summed E-state index contributed by atoms with van der Waals surface area (Å²) >= 11 is 0. The van der Waals surface area contributed by atoms with Gasteiger partial charge in [0.15, 0.2) is 0 Å². The van der Waals surface area contributed by atoms with Gasteiger partial charge in [-0.2, -0.15) is 0 Å². The van der Waals surface area contributed by atoms with Crippen LogP contribution < -0.4 is 5.73 Å². The predicted octanol–water partition coefficient (Wildman–Crippen LogP) is 1.28. The summed E-state index contributed by atoms with van der Waals surface area (Å²) in [6.07, 6.45) is 5.96. The highest BCUT2D eigenvalue weighted by molar-refractivity contribution is 5.85. The van der Waals surface area contributed by atoms with Gasteiger partial charge in [0.1, 0.15) is 6.04 Å². The second-order valence-corrected chi connectivity index (χ2v) is 6.07. The minimum absolute atomic E-state index is 0. The summed E-state index contributed by atoms with van der Waals surface area (Å²) < 4.78 is 5.03. The van der Waals surface area contributed by atoms with Crippen LogP contribution >= 0.6 is 24.8 Å². The van der Waals surface area contributed by atoms with Crippen LogP contribution in [0.2, 0.25) is 0 Å². The molecule has 1 aliphatic heterocycles. The highest BCUT2D eigenvalue weighted by atomic mass is 35.5. The molecule has 1 saturated heterocycles. The van der Waals surface area contributed by atoms with Crippen LogP contribution in [0.25, 0.3) is 0 Å². The van der Waals surface area contributed by atoms with Gasteiger partial charge >= 0.3 is 0 Å². The molecule has 5 nitrogen and oxygen atoms in total. The van der Waals surface area contributed by atoms with E-state index in [1.807, 2.05) is 0 Å². The molecule has 2 fully saturated rings. The molecule has 0 aromatic rings. The predicted molar refractivity (Wildman–Crippen MR) is 89.4 cm³/mol. The van der Waals surface area contributed by atoms with Crippen LogP contribution in [0.1, 0.15) is 32.1 Å². The number of ether oxygens (including phenoxy) is 1. The Hall–Kier alpha value is -0.0700. The zero-order valence-electron chi connectivity index (χ0n) is 13.0. The van der Waals surface area contributed by atoms with Crippen LogP contribution in [0.4, 0.5) is 0 Å². The normalized spacial score (nSPS) is 23.1. The molecular weight excluding hydrogens is 313 g/mol. The van der Waals surface area contributed by atoms with Crippen LogP contribution in [0.3, 0.4) is 0 Å². The topological polar surface area (TPSA) is 58.8 Å². The third-order valence-corrected chi connectivity index (χ3v) is 4.56. The van der Waals surface area contributed by atoms with E-state index in [4.69, 9.17) is 10.5 Å². The molecule has 0 radical (unpaired) electrons. The monoisotopic (exact) mass is 341 g/mol. The van der Waals surface area contributed by atoms with Gasteiger partial charge in [-0.3, -0.25) is 4.79 Å². The lowest BCUT2D eigenvalue weighted by Crippen LogP contribution is -2.66. The highest BCUT2D eigenvalue weighted by Crippen LogP contribution is 2.36. The molecule has 1 spiro atoms. The molecular formula is C14H29Cl2N3O2. The van der Waals surface area contributed by atoms with E-state index in [1.165, 1.54) is 19.3 Å². The van der Waals surface area contributed by atoms with Gasteiger partial charge < -0.3 is 20.3 Å². The van der Waals surface area contributed by atoms with E-state index in [0.717, 1.165) is 32.5 Å². The molecule has 1 atom stereocenters. The number of rotatable bonds is 3. The fourth-order valence-corrected chi connectivity index (χ4v) is 3.61. The molecule has 1 unspecified atom stereocenters. The summed E-state index contributed by atoms with van der Waals surface area (Å²) in [5.41, 5.74) is 5.97. The first kappa shape index (κ1) is 20.9. The Morgan fingerprint density at radius 2 is 1.86 bits per heavy atom. The molecule has 0 aromatic carbocycles. The number of likely N-dealkylation sites (N-methyl/N-ethyl adjacent to an activating group) is 1. The van der Waals surface area contributed by atoms with E-state index in [2.05, 4.69) is 16.8 Å². The Morgan fingerprint density at radius 3 is 2.43 bits per heavy atom. The SMILES string of the molecule is COCC(N)C(=O)N1CCN(C)CC12CCCCC2.Cl.Cl. The molecule has 1 saturated carbocycles. The standard InChI is InChI=1S/C14H27N3O2.2ClH/c1-16-8-9-17(13(18)12(15)10-19-2)14(11-16)6-4-3-5-7-14;;/h12H,3-11,15H2,1-2H3;2*1H. The molecule has 7 heteroatoms. The Bertz CT molecular complexity index is 325. The zero-order valence-corrected chi connectivity index (χ0v) is 14.7. The number of methoxy groups -OCH3 is 1. The second kappa shape index (κ2) is 9.16. The number of amides is 1. The van der Waals surface area contributed by atoms with Crippen molar-refractivity contribution in [1.82, 2.24) is 9.80 Å². The van der Waals surface area contributed by atoms with Crippen LogP contribution in [0.5, 0.6) is 0 Å². The minimum Gasteiger partial charge on any atom is -0.383 e. The molecule has 2 aliphatic rings. The van der Waals surface area contributed by atoms with Gasteiger partial charge in [0.05, 0.1) is 12.1 Å². The van der Waals surface area contributed by atoms with Gasteiger partial charge in [0, 0.05) is 26.7 Å². The van der Waals surface area contributed by atoms with Gasteiger partial charge in [-0.1, -0.05) is 19.3 Å². The number of carbonyl (C=O) groups excluding carboxylic acids is 1. The van der Waals surface area contributed by atoms with E-state index >= 15 is 0 Å². The lowest BCUT2D eigenvalue weighted by Gasteiger charge is -2.52. The van der Waals surface area contributed by atoms with Crippen molar-refractivity contribution in [1.29, 1.82) is 0 Å². The van der Waals surface area contributed by atoms with Crippen molar-refractivity contribution in [2.24, 2.45) is 5.73 Å². The smallest absolute Gasteiger partial charge is 0.242 e. The molecule has 1 aliphatic carbocycles. The van der Waals surface area contributed by atoms with Crippen LogP contribution in [-0.2, 0) is 9.53 Å². The maximum atomic E-state index is 12.6. The van der Waals surface area contributed by atoms with Crippen molar-refractivity contribution >= 4 is 30.7 Å². The fourth-order valence-electron chi connectivity index (χ4n) is 3.61. The first-order valence-electron chi connectivity index (χ1n) is 7.34. The van der Waals surface area contributed by atoms with Crippen molar-refractivity contribution in [2.75, 3.05) is 40.4 Å². The van der Waals surface area contributed by atoms with E-state index in [1.54, 1.807) is 7.11 Å². The molecule has 2 N–H and O–H groups in total. The Balaban J connectivity index is 0.00000200. The van der Waals surface area contributed by atoms with Gasteiger partial charge in [-0.25, -0.2) is 0 Å². The third-order valence-electron chi connectivity index (χ3n) is 4.56. The molecule has 0 aromatic heterocycles. The highest BCUT2D eigenvalue weighted by Gasteiger charge is 2.44. The third kappa shape index (κ3) is 4.70. The van der Waals surface area contributed by atoms with Gasteiger partial charge in [0.2, 0.25) is 5.91 Å². The molecule has 126 valence electrons. The maximum absolute atomic E-state index is 12.6. The number of hydrogen-bond donors (Lipinski definition) is 1. The lowest BCUT2D eigenvalue weighted by molar-refractivity contribution is -0.146. The maximum Gasteiger partial charge on any atom is 0.242 e. The van der Waals surface area contributed by atoms with Gasteiger partial charge in [0.25, 0.3) is 0 Å². The second-order valence-electron chi connectivity index (χ2n) is 6.07. The van der Waals surface area contributed by atoms with E-state index < -0.39 is 6.04 Å². The summed E-state index contributed by atoms with van der Waals surface area (Å²) in [7, 11) is 3.74. The number of piperazine rings is 1. The average molecular weight is 342 g/mol. The number of hydrogen-bond acceptors (Lipinski definition) is 4. The van der Waals surface area contributed by atoms with Crippen LogP contribution in [-0.4, -0.2) is 67.7 Å². The number of nitrogens with two attached hydrogens (primary N) is 1. The quantitative estimate of drug-likeness (QED) is 0.840. The largest absolute Gasteiger partial charge is 0.383 e. The van der Waals surface area contributed by atoms with Crippen molar-refractivity contribution in [2.45, 2.75) is 43.7 Å². The van der Waals surface area contributed by atoms with Gasteiger partial charge in [-0.15, -0.1) is 24.8 Å². The van der Waals surface area contributed by atoms with Crippen LogP contribution in [0, 0.1) is 0 Å². The van der Waals surface area contributed by atoms with Gasteiger partial charge in [-0.05, 0) is 19.9 Å². The van der Waals surface area contributed by atoms with E-state index in [0.29, 0.717) is 6.61 Å². The summed E-state index contributed by atoms with van der Waals surface area (Å²) in [4.78, 5) is 17.0. The van der Waals surface area contributed by atoms with Crippen molar-refractivity contribution in [3.8, 4) is 0 Å². The molecule has 1 heterocycles. The summed E-state index contributed by atoms with van der Waals surface area (Å²) in [5.74, 6) is 0.0665.